The van der Waals surface area contributed by atoms with Gasteiger partial charge in [0.05, 0.1) is 12.1 Å². The fraction of sp³-hybridized carbons (Fsp3) is 0.345. The Labute approximate surface area is 211 Å². The van der Waals surface area contributed by atoms with Gasteiger partial charge < -0.3 is 10.6 Å². The van der Waals surface area contributed by atoms with Gasteiger partial charge in [-0.05, 0) is 68.4 Å². The number of hydrogen-bond acceptors (Lipinski definition) is 4. The van der Waals surface area contributed by atoms with Crippen LogP contribution in [0.1, 0.15) is 52.9 Å². The van der Waals surface area contributed by atoms with E-state index in [1.54, 1.807) is 0 Å². The largest absolute Gasteiger partial charge is 0.349 e. The molecule has 0 unspecified atom stereocenters. The van der Waals surface area contributed by atoms with Crippen LogP contribution in [0.25, 0.3) is 5.69 Å². The Hall–Kier alpha value is -3.89. The maximum Gasteiger partial charge on any atom is 0.251 e. The molecule has 1 aliphatic carbocycles. The van der Waals surface area contributed by atoms with Crippen molar-refractivity contribution in [1.29, 1.82) is 5.26 Å². The maximum absolute atomic E-state index is 13.1. The number of rotatable bonds is 6. The number of aromatic nitrogens is 1. The second kappa shape index (κ2) is 10.8. The number of benzene rings is 2. The van der Waals surface area contributed by atoms with Gasteiger partial charge in [0.15, 0.2) is 0 Å². The van der Waals surface area contributed by atoms with Gasteiger partial charge in [0.2, 0.25) is 5.91 Å². The lowest BCUT2D eigenvalue weighted by atomic mass is 9.95. The zero-order chi connectivity index (χ0) is 24.9. The van der Waals surface area contributed by atoms with E-state index in [0.717, 1.165) is 68.6 Å². The van der Waals surface area contributed by atoms with Crippen molar-refractivity contribution in [3.63, 3.8) is 0 Å². The molecule has 0 atom stereocenters. The van der Waals surface area contributed by atoms with Crippen molar-refractivity contribution in [3.8, 4) is 11.8 Å². The normalized spacial score (nSPS) is 16.1. The van der Waals surface area contributed by atoms with Gasteiger partial charge in [-0.2, -0.15) is 5.26 Å². The van der Waals surface area contributed by atoms with E-state index in [9.17, 15) is 14.9 Å². The molecule has 1 saturated heterocycles. The van der Waals surface area contributed by atoms with Crippen LogP contribution in [0.2, 0.25) is 0 Å². The summed E-state index contributed by atoms with van der Waals surface area (Å²) >= 11 is 0. The smallest absolute Gasteiger partial charge is 0.251 e. The monoisotopic (exact) mass is 481 g/mol. The Kier molecular flexibility index (Phi) is 7.15. The van der Waals surface area contributed by atoms with Gasteiger partial charge in [-0.1, -0.05) is 36.4 Å². The highest BCUT2D eigenvalue weighted by Gasteiger charge is 2.28. The highest BCUT2D eigenvalue weighted by Crippen LogP contribution is 2.35. The number of amides is 2. The number of nitrogens with one attached hydrogen (secondary N) is 2. The summed E-state index contributed by atoms with van der Waals surface area (Å²) in [5.74, 6) is 0.414. The topological polar surface area (TPSA) is 90.2 Å². The van der Waals surface area contributed by atoms with Crippen LogP contribution < -0.4 is 10.6 Å². The minimum atomic E-state index is -0.120. The van der Waals surface area contributed by atoms with Crippen LogP contribution in [-0.2, 0) is 17.6 Å². The molecule has 0 bridgehead atoms. The molecule has 2 amide bonds. The van der Waals surface area contributed by atoms with E-state index in [1.165, 1.54) is 0 Å². The molecule has 184 valence electrons. The first-order valence-corrected chi connectivity index (χ1v) is 12.7. The van der Waals surface area contributed by atoms with Gasteiger partial charge in [-0.3, -0.25) is 19.1 Å². The van der Waals surface area contributed by atoms with Gasteiger partial charge >= 0.3 is 0 Å². The van der Waals surface area contributed by atoms with E-state index in [1.807, 2.05) is 60.7 Å². The van der Waals surface area contributed by atoms with Crippen LogP contribution >= 0.6 is 0 Å². The minimum Gasteiger partial charge on any atom is -0.349 e. The molecule has 1 fully saturated rings. The first kappa shape index (κ1) is 23.8. The molecule has 2 N–H and O–H groups in total. The summed E-state index contributed by atoms with van der Waals surface area (Å²) in [7, 11) is 0. The molecule has 2 aliphatic rings. The number of hydrogen-bond donors (Lipinski definition) is 2. The summed E-state index contributed by atoms with van der Waals surface area (Å²) in [4.78, 5) is 27.7. The first-order chi connectivity index (χ1) is 17.6. The SMILES string of the molecule is N#Cc1c2c(n(-c3ccccc3)c1NC(=O)CN1CCC(NC(=O)c3ccccc3)CC1)CCCC2. The number of fused-ring (bicyclic) bond motifs is 1. The molecule has 7 heteroatoms. The lowest BCUT2D eigenvalue weighted by molar-refractivity contribution is -0.117. The number of para-hydroxylation sites is 1. The Morgan fingerprint density at radius 2 is 1.61 bits per heavy atom. The van der Waals surface area contributed by atoms with E-state index >= 15 is 0 Å². The molecule has 0 spiro atoms. The summed E-state index contributed by atoms with van der Waals surface area (Å²) in [6, 6.07) is 21.7. The quantitative estimate of drug-likeness (QED) is 0.556. The predicted octanol–water partition coefficient (Wildman–Crippen LogP) is 4.06. The van der Waals surface area contributed by atoms with Gasteiger partial charge in [-0.25, -0.2) is 0 Å². The van der Waals surface area contributed by atoms with Crippen LogP contribution in [0.3, 0.4) is 0 Å². The molecule has 1 aliphatic heterocycles. The van der Waals surface area contributed by atoms with Crippen LogP contribution in [0.5, 0.6) is 0 Å². The number of likely N-dealkylation sites (tertiary alicyclic amines) is 1. The molecule has 36 heavy (non-hydrogen) atoms. The molecular formula is C29H31N5O2. The molecule has 3 aromatic rings. The summed E-state index contributed by atoms with van der Waals surface area (Å²) < 4.78 is 2.07. The Balaban J connectivity index is 1.24. The Bertz CT molecular complexity index is 1270. The van der Waals surface area contributed by atoms with Crippen LogP contribution in [0.15, 0.2) is 60.7 Å². The third kappa shape index (κ3) is 5.05. The molecule has 0 saturated carbocycles. The van der Waals surface area contributed by atoms with Crippen molar-refractivity contribution in [3.05, 3.63) is 83.0 Å². The molecule has 1 aromatic heterocycles. The maximum atomic E-state index is 13.1. The van der Waals surface area contributed by atoms with E-state index in [0.29, 0.717) is 16.9 Å². The van der Waals surface area contributed by atoms with Crippen molar-refractivity contribution in [2.45, 2.75) is 44.6 Å². The predicted molar refractivity (Wildman–Crippen MR) is 139 cm³/mol. The first-order valence-electron chi connectivity index (χ1n) is 12.7. The zero-order valence-corrected chi connectivity index (χ0v) is 20.4. The Morgan fingerprint density at radius 3 is 2.31 bits per heavy atom. The summed E-state index contributed by atoms with van der Waals surface area (Å²) in [5.41, 5.74) is 4.41. The third-order valence-electron chi connectivity index (χ3n) is 7.18. The highest BCUT2D eigenvalue weighted by atomic mass is 16.2. The fourth-order valence-electron chi connectivity index (χ4n) is 5.36. The minimum absolute atomic E-state index is 0.0542. The molecule has 7 nitrogen and oxygen atoms in total. The van der Waals surface area contributed by atoms with Crippen LogP contribution in [0.4, 0.5) is 5.82 Å². The van der Waals surface area contributed by atoms with Gasteiger partial charge in [0.25, 0.3) is 5.91 Å². The number of piperidine rings is 1. The summed E-state index contributed by atoms with van der Waals surface area (Å²) in [6.07, 6.45) is 5.50. The number of nitriles is 1. The van der Waals surface area contributed by atoms with Crippen molar-refractivity contribution in [2.24, 2.45) is 0 Å². The summed E-state index contributed by atoms with van der Waals surface area (Å²) in [6.45, 7) is 1.72. The van der Waals surface area contributed by atoms with Crippen molar-refractivity contribution < 1.29 is 9.59 Å². The van der Waals surface area contributed by atoms with Crippen molar-refractivity contribution in [1.82, 2.24) is 14.8 Å². The molecular weight excluding hydrogens is 450 g/mol. The third-order valence-corrected chi connectivity index (χ3v) is 7.18. The number of carbonyl (C=O) groups is 2. The number of carbonyl (C=O) groups excluding carboxylic acids is 2. The lowest BCUT2D eigenvalue weighted by Crippen LogP contribution is -2.46. The standard InChI is InChI=1S/C29H31N5O2/c30-19-25-24-13-7-8-14-26(24)34(23-11-5-2-6-12-23)28(25)32-27(35)20-33-17-15-22(16-18-33)31-29(36)21-9-3-1-4-10-21/h1-6,9-12,22H,7-8,13-18,20H2,(H,31,36)(H,32,35). The van der Waals surface area contributed by atoms with Crippen LogP contribution in [0, 0.1) is 11.3 Å². The molecule has 2 heterocycles. The van der Waals surface area contributed by atoms with Crippen LogP contribution in [-0.4, -0.2) is 47.0 Å². The average molecular weight is 482 g/mol. The van der Waals surface area contributed by atoms with Crippen molar-refractivity contribution in [2.75, 3.05) is 25.0 Å². The number of anilines is 1. The second-order valence-corrected chi connectivity index (χ2v) is 9.58. The molecule has 5 rings (SSSR count). The fourth-order valence-corrected chi connectivity index (χ4v) is 5.36. The van der Waals surface area contributed by atoms with E-state index in [2.05, 4.69) is 26.2 Å². The average Bonchev–Trinajstić information content (AvgIpc) is 3.23. The number of nitrogens with zero attached hydrogens (tertiary/aromatic N) is 3. The highest BCUT2D eigenvalue weighted by molar-refractivity contribution is 5.94. The van der Waals surface area contributed by atoms with Crippen molar-refractivity contribution >= 4 is 17.6 Å². The molecule has 0 radical (unpaired) electrons. The molecule has 2 aromatic carbocycles. The van der Waals surface area contributed by atoms with E-state index in [4.69, 9.17) is 0 Å². The van der Waals surface area contributed by atoms with Gasteiger partial charge in [0, 0.05) is 36.1 Å². The zero-order valence-electron chi connectivity index (χ0n) is 20.4. The van der Waals surface area contributed by atoms with Gasteiger partial charge in [0.1, 0.15) is 11.9 Å². The summed E-state index contributed by atoms with van der Waals surface area (Å²) in [5, 5.41) is 16.2. The Morgan fingerprint density at radius 1 is 0.944 bits per heavy atom. The lowest BCUT2D eigenvalue weighted by Gasteiger charge is -2.31. The van der Waals surface area contributed by atoms with E-state index in [-0.39, 0.29) is 24.4 Å². The second-order valence-electron chi connectivity index (χ2n) is 9.58. The van der Waals surface area contributed by atoms with E-state index < -0.39 is 0 Å². The van der Waals surface area contributed by atoms with Gasteiger partial charge in [-0.15, -0.1) is 0 Å².